The smallest absolute Gasteiger partial charge is 0.251 e. The Kier molecular flexibility index (Phi) is 4.23. The summed E-state index contributed by atoms with van der Waals surface area (Å²) < 4.78 is 27.1. The molecule has 1 aromatic rings. The van der Waals surface area contributed by atoms with Gasteiger partial charge in [-0.1, -0.05) is 19.8 Å². The molecule has 0 unspecified atom stereocenters. The predicted octanol–water partition coefficient (Wildman–Crippen LogP) is 2.56. The van der Waals surface area contributed by atoms with Crippen molar-refractivity contribution in [2.45, 2.75) is 32.6 Å². The van der Waals surface area contributed by atoms with Crippen molar-refractivity contribution in [1.29, 1.82) is 0 Å². The zero-order chi connectivity index (χ0) is 14.8. The summed E-state index contributed by atoms with van der Waals surface area (Å²) in [5.41, 5.74) is 1.54. The van der Waals surface area contributed by atoms with E-state index in [4.69, 9.17) is 5.84 Å². The molecule has 1 aromatic carbocycles. The van der Waals surface area contributed by atoms with Crippen LogP contribution in [0.1, 0.15) is 43.0 Å². The molecule has 0 saturated heterocycles. The molecule has 1 aliphatic carbocycles. The summed E-state index contributed by atoms with van der Waals surface area (Å²) in [6.45, 7) is 2.63. The van der Waals surface area contributed by atoms with E-state index in [0.29, 0.717) is 6.54 Å². The first-order chi connectivity index (χ1) is 9.45. The second-order valence-electron chi connectivity index (χ2n) is 5.66. The molecule has 0 aliphatic heterocycles. The number of benzene rings is 1. The van der Waals surface area contributed by atoms with E-state index in [1.807, 2.05) is 5.43 Å². The van der Waals surface area contributed by atoms with Crippen molar-refractivity contribution in [3.05, 3.63) is 29.3 Å². The van der Waals surface area contributed by atoms with Gasteiger partial charge in [0.25, 0.3) is 5.91 Å². The number of carbonyl (C=O) groups is 1. The van der Waals surface area contributed by atoms with Crippen LogP contribution < -0.4 is 16.6 Å². The lowest BCUT2D eigenvalue weighted by molar-refractivity contribution is 0.0933. The number of carbonyl (C=O) groups excluding carboxylic acids is 1. The van der Waals surface area contributed by atoms with Gasteiger partial charge >= 0.3 is 0 Å². The van der Waals surface area contributed by atoms with Gasteiger partial charge in [-0.3, -0.25) is 10.6 Å². The minimum absolute atomic E-state index is 0.0411. The summed E-state index contributed by atoms with van der Waals surface area (Å²) in [4.78, 5) is 12.0. The fourth-order valence-electron chi connectivity index (χ4n) is 2.64. The molecule has 0 atom stereocenters. The maximum absolute atomic E-state index is 13.5. The third kappa shape index (κ3) is 3.07. The monoisotopic (exact) mass is 283 g/mol. The average Bonchev–Trinajstić information content (AvgIpc) is 2.83. The third-order valence-electron chi connectivity index (χ3n) is 3.94. The van der Waals surface area contributed by atoms with Gasteiger partial charge in [0.2, 0.25) is 0 Å². The van der Waals surface area contributed by atoms with E-state index in [9.17, 15) is 13.6 Å². The lowest BCUT2D eigenvalue weighted by Crippen LogP contribution is -2.34. The number of halogens is 2. The summed E-state index contributed by atoms with van der Waals surface area (Å²) >= 11 is 0. The maximum Gasteiger partial charge on any atom is 0.251 e. The molecule has 20 heavy (non-hydrogen) atoms. The van der Waals surface area contributed by atoms with Crippen molar-refractivity contribution in [1.82, 2.24) is 5.32 Å². The fourth-order valence-corrected chi connectivity index (χ4v) is 2.64. The Morgan fingerprint density at radius 1 is 1.30 bits per heavy atom. The second-order valence-corrected chi connectivity index (χ2v) is 5.66. The third-order valence-corrected chi connectivity index (χ3v) is 3.94. The molecule has 0 heterocycles. The molecule has 0 spiro atoms. The van der Waals surface area contributed by atoms with Crippen LogP contribution in [0.15, 0.2) is 12.1 Å². The molecule has 2 rings (SSSR count). The second kappa shape index (κ2) is 5.75. The van der Waals surface area contributed by atoms with Crippen LogP contribution in [0.2, 0.25) is 0 Å². The lowest BCUT2D eigenvalue weighted by Gasteiger charge is -2.23. The Morgan fingerprint density at radius 2 is 1.85 bits per heavy atom. The normalized spacial score (nSPS) is 17.0. The van der Waals surface area contributed by atoms with Gasteiger partial charge in [-0.15, -0.1) is 0 Å². The Balaban J connectivity index is 2.06. The summed E-state index contributed by atoms with van der Waals surface area (Å²) in [6.07, 6.45) is 4.44. The molecule has 6 heteroatoms. The quantitative estimate of drug-likeness (QED) is 0.587. The average molecular weight is 283 g/mol. The van der Waals surface area contributed by atoms with Crippen LogP contribution in [0.3, 0.4) is 0 Å². The van der Waals surface area contributed by atoms with Gasteiger partial charge in [0, 0.05) is 12.1 Å². The van der Waals surface area contributed by atoms with Crippen molar-refractivity contribution in [3.63, 3.8) is 0 Å². The van der Waals surface area contributed by atoms with Gasteiger partial charge < -0.3 is 10.7 Å². The molecule has 1 amide bonds. The molecule has 0 radical (unpaired) electrons. The van der Waals surface area contributed by atoms with Crippen LogP contribution in [0.4, 0.5) is 14.5 Å². The Bertz CT molecular complexity index is 490. The number of hydrogen-bond donors (Lipinski definition) is 3. The van der Waals surface area contributed by atoms with Crippen molar-refractivity contribution in [2.24, 2.45) is 11.3 Å². The molecule has 4 N–H and O–H groups in total. The number of hydrogen-bond acceptors (Lipinski definition) is 3. The van der Waals surface area contributed by atoms with Crippen molar-refractivity contribution >= 4 is 11.6 Å². The van der Waals surface area contributed by atoms with Crippen LogP contribution >= 0.6 is 0 Å². The number of hydrazine groups is 1. The number of anilines is 1. The minimum atomic E-state index is -0.885. The molecule has 0 bridgehead atoms. The number of nitrogen functional groups attached to an aromatic ring is 1. The molecule has 4 nitrogen and oxygen atoms in total. The predicted molar refractivity (Wildman–Crippen MR) is 73.1 cm³/mol. The Hall–Kier alpha value is -1.69. The highest BCUT2D eigenvalue weighted by atomic mass is 19.1. The van der Waals surface area contributed by atoms with Gasteiger partial charge in [-0.25, -0.2) is 8.78 Å². The van der Waals surface area contributed by atoms with Gasteiger partial charge in [0.15, 0.2) is 11.6 Å². The van der Waals surface area contributed by atoms with Crippen LogP contribution in [0.5, 0.6) is 0 Å². The van der Waals surface area contributed by atoms with Gasteiger partial charge in [0.1, 0.15) is 5.69 Å². The van der Waals surface area contributed by atoms with Crippen LogP contribution in [-0.4, -0.2) is 12.5 Å². The van der Waals surface area contributed by atoms with E-state index in [1.165, 1.54) is 0 Å². The number of nitrogens with two attached hydrogens (primary N) is 1. The SMILES string of the molecule is CC1(CNC(=O)c2cc(F)c(NN)c(F)c2)CCCC1. The highest BCUT2D eigenvalue weighted by molar-refractivity contribution is 5.94. The minimum Gasteiger partial charge on any atom is -0.351 e. The van der Waals surface area contributed by atoms with E-state index in [-0.39, 0.29) is 11.0 Å². The van der Waals surface area contributed by atoms with Gasteiger partial charge in [-0.2, -0.15) is 0 Å². The van der Waals surface area contributed by atoms with Gasteiger partial charge in [-0.05, 0) is 30.4 Å². The Morgan fingerprint density at radius 3 is 2.35 bits per heavy atom. The number of nitrogens with one attached hydrogen (secondary N) is 2. The van der Waals surface area contributed by atoms with Crippen molar-refractivity contribution in [2.75, 3.05) is 12.0 Å². The largest absolute Gasteiger partial charge is 0.351 e. The van der Waals surface area contributed by atoms with E-state index < -0.39 is 23.2 Å². The first-order valence-electron chi connectivity index (χ1n) is 6.69. The molecular weight excluding hydrogens is 264 g/mol. The fraction of sp³-hybridized carbons (Fsp3) is 0.500. The molecule has 110 valence electrons. The first-order valence-corrected chi connectivity index (χ1v) is 6.69. The summed E-state index contributed by atoms with van der Waals surface area (Å²) in [7, 11) is 0. The highest BCUT2D eigenvalue weighted by Gasteiger charge is 2.29. The first kappa shape index (κ1) is 14.7. The van der Waals surface area contributed by atoms with Crippen LogP contribution in [0, 0.1) is 17.0 Å². The van der Waals surface area contributed by atoms with Crippen LogP contribution in [0.25, 0.3) is 0 Å². The molecule has 0 aromatic heterocycles. The zero-order valence-corrected chi connectivity index (χ0v) is 11.4. The molecule has 1 aliphatic rings. The van der Waals surface area contributed by atoms with E-state index in [1.54, 1.807) is 0 Å². The standard InChI is InChI=1S/C14H19F2N3O/c1-14(4-2-3-5-14)8-18-13(20)9-6-10(15)12(19-17)11(16)7-9/h6-7,19H,2-5,8,17H2,1H3,(H,18,20). The van der Waals surface area contributed by atoms with E-state index in [0.717, 1.165) is 37.8 Å². The maximum atomic E-state index is 13.5. The number of amides is 1. The van der Waals surface area contributed by atoms with Gasteiger partial charge in [0.05, 0.1) is 0 Å². The molecule has 1 saturated carbocycles. The highest BCUT2D eigenvalue weighted by Crippen LogP contribution is 2.36. The van der Waals surface area contributed by atoms with Crippen molar-refractivity contribution in [3.8, 4) is 0 Å². The molecule has 1 fully saturated rings. The molecular formula is C14H19F2N3O. The van der Waals surface area contributed by atoms with Crippen molar-refractivity contribution < 1.29 is 13.6 Å². The van der Waals surface area contributed by atoms with Crippen LogP contribution in [-0.2, 0) is 0 Å². The summed E-state index contributed by atoms with van der Waals surface area (Å²) in [5, 5.41) is 2.75. The lowest BCUT2D eigenvalue weighted by atomic mass is 9.89. The van der Waals surface area contributed by atoms with E-state index in [2.05, 4.69) is 12.2 Å². The topological polar surface area (TPSA) is 67.2 Å². The Labute approximate surface area is 116 Å². The zero-order valence-electron chi connectivity index (χ0n) is 11.4. The summed E-state index contributed by atoms with van der Waals surface area (Å²) in [6, 6.07) is 1.95. The number of rotatable bonds is 4. The summed E-state index contributed by atoms with van der Waals surface area (Å²) in [5.74, 6) is 2.76. The van der Waals surface area contributed by atoms with E-state index >= 15 is 0 Å².